The van der Waals surface area contributed by atoms with Gasteiger partial charge >= 0.3 is 0 Å². The molecule has 0 radical (unpaired) electrons. The highest BCUT2D eigenvalue weighted by Crippen LogP contribution is 2.28. The van der Waals surface area contributed by atoms with Gasteiger partial charge in [0, 0.05) is 44.4 Å². The van der Waals surface area contributed by atoms with Crippen LogP contribution < -0.4 is 0 Å². The highest BCUT2D eigenvalue weighted by Gasteiger charge is 2.29. The van der Waals surface area contributed by atoms with Gasteiger partial charge < -0.3 is 19.3 Å². The molecule has 2 atom stereocenters. The first kappa shape index (κ1) is 15.7. The molecule has 2 rings (SSSR count). The summed E-state index contributed by atoms with van der Waals surface area (Å²) < 4.78 is 11.1. The van der Waals surface area contributed by atoms with Gasteiger partial charge in [-0.3, -0.25) is 0 Å². The maximum absolute atomic E-state index is 5.98. The Morgan fingerprint density at radius 3 is 2.95 bits per heavy atom. The van der Waals surface area contributed by atoms with Gasteiger partial charge in [-0.25, -0.2) is 0 Å². The van der Waals surface area contributed by atoms with Crippen LogP contribution >= 0.6 is 11.8 Å². The third-order valence-electron chi connectivity index (χ3n) is 3.59. The zero-order valence-electron chi connectivity index (χ0n) is 12.7. The van der Waals surface area contributed by atoms with E-state index in [4.69, 9.17) is 9.47 Å². The van der Waals surface area contributed by atoms with E-state index in [1.807, 2.05) is 11.8 Å². The first-order valence-electron chi connectivity index (χ1n) is 7.43. The van der Waals surface area contributed by atoms with E-state index in [1.54, 1.807) is 7.11 Å². The number of likely N-dealkylation sites (N-methyl/N-ethyl adjacent to an activating group) is 1. The van der Waals surface area contributed by atoms with Crippen molar-refractivity contribution >= 4 is 11.8 Å². The Morgan fingerprint density at radius 2 is 2.35 bits per heavy atom. The molecule has 0 unspecified atom stereocenters. The van der Waals surface area contributed by atoms with E-state index < -0.39 is 0 Å². The van der Waals surface area contributed by atoms with E-state index in [2.05, 4.69) is 42.0 Å². The summed E-state index contributed by atoms with van der Waals surface area (Å²) >= 11 is 1.83. The van der Waals surface area contributed by atoms with Crippen LogP contribution in [-0.4, -0.2) is 60.6 Å². The largest absolute Gasteiger partial charge is 0.381 e. The number of thioether (sulfide) groups is 1. The molecule has 0 saturated carbocycles. The number of nitrogens with zero attached hydrogens (tertiary/aromatic N) is 2. The Kier molecular flexibility index (Phi) is 6.26. The van der Waals surface area contributed by atoms with Crippen LogP contribution in [0.15, 0.2) is 24.0 Å². The maximum atomic E-state index is 5.98. The third kappa shape index (κ3) is 3.93. The van der Waals surface area contributed by atoms with Crippen molar-refractivity contribution in [2.24, 2.45) is 0 Å². The van der Waals surface area contributed by atoms with Crippen molar-refractivity contribution < 1.29 is 9.47 Å². The van der Waals surface area contributed by atoms with Crippen LogP contribution in [0.5, 0.6) is 0 Å². The van der Waals surface area contributed by atoms with Gasteiger partial charge in [0.15, 0.2) is 0 Å². The second-order valence-corrected chi connectivity index (χ2v) is 6.22. The van der Waals surface area contributed by atoms with Gasteiger partial charge in [0.2, 0.25) is 0 Å². The van der Waals surface area contributed by atoms with Crippen LogP contribution in [0.3, 0.4) is 0 Å². The van der Waals surface area contributed by atoms with Crippen molar-refractivity contribution in [3.63, 3.8) is 0 Å². The van der Waals surface area contributed by atoms with Gasteiger partial charge in [0.05, 0.1) is 6.61 Å². The standard InChI is InChI=1S/C15H26N2O2S/c1-4-8-16(5-2)13-6-9-17(10-7-13)14-12-20-15(19-14)11-18-3/h6-7,9,14-15H,4-5,8,10-12H2,1-3H3/t14-,15+/m1/s1. The molecule has 2 aliphatic heterocycles. The topological polar surface area (TPSA) is 24.9 Å². The van der Waals surface area contributed by atoms with Gasteiger partial charge in [-0.05, 0) is 25.5 Å². The van der Waals surface area contributed by atoms with Gasteiger partial charge in [0.1, 0.15) is 11.7 Å². The molecule has 0 amide bonds. The van der Waals surface area contributed by atoms with Crippen LogP contribution in [0.4, 0.5) is 0 Å². The van der Waals surface area contributed by atoms with Crippen LogP contribution in [0, 0.1) is 0 Å². The Morgan fingerprint density at radius 1 is 1.50 bits per heavy atom. The molecule has 114 valence electrons. The third-order valence-corrected chi connectivity index (χ3v) is 4.69. The van der Waals surface area contributed by atoms with E-state index in [9.17, 15) is 0 Å². The molecule has 0 N–H and O–H groups in total. The second kappa shape index (κ2) is 7.96. The van der Waals surface area contributed by atoms with E-state index in [0.29, 0.717) is 6.61 Å². The molecule has 2 heterocycles. The van der Waals surface area contributed by atoms with E-state index in [1.165, 1.54) is 12.1 Å². The summed E-state index contributed by atoms with van der Waals surface area (Å²) in [5.41, 5.74) is 1.51. The molecule has 0 bridgehead atoms. The van der Waals surface area contributed by atoms with Crippen LogP contribution in [-0.2, 0) is 9.47 Å². The first-order chi connectivity index (χ1) is 9.78. The lowest BCUT2D eigenvalue weighted by Gasteiger charge is -2.31. The molecule has 0 aromatic heterocycles. The van der Waals surface area contributed by atoms with Gasteiger partial charge in [-0.2, -0.15) is 0 Å². The molecular weight excluding hydrogens is 272 g/mol. The molecule has 0 spiro atoms. The molecule has 20 heavy (non-hydrogen) atoms. The smallest absolute Gasteiger partial charge is 0.140 e. The molecule has 5 heteroatoms. The fourth-order valence-corrected chi connectivity index (χ4v) is 3.62. The Bertz CT molecular complexity index is 360. The maximum Gasteiger partial charge on any atom is 0.140 e. The summed E-state index contributed by atoms with van der Waals surface area (Å²) in [6.45, 7) is 8.22. The summed E-state index contributed by atoms with van der Waals surface area (Å²) in [5, 5.41) is 0. The van der Waals surface area contributed by atoms with Crippen molar-refractivity contribution in [2.75, 3.05) is 39.1 Å². The fourth-order valence-electron chi connectivity index (χ4n) is 2.53. The van der Waals surface area contributed by atoms with E-state index >= 15 is 0 Å². The predicted molar refractivity (Wildman–Crippen MR) is 84.5 cm³/mol. The van der Waals surface area contributed by atoms with Crippen LogP contribution in [0.2, 0.25) is 0 Å². The Hall–Kier alpha value is -0.650. The molecule has 4 nitrogen and oxygen atoms in total. The average Bonchev–Trinajstić information content (AvgIpc) is 2.94. The Labute approximate surface area is 126 Å². The monoisotopic (exact) mass is 298 g/mol. The van der Waals surface area contributed by atoms with Crippen LogP contribution in [0.25, 0.3) is 0 Å². The van der Waals surface area contributed by atoms with E-state index in [0.717, 1.165) is 25.4 Å². The summed E-state index contributed by atoms with van der Waals surface area (Å²) in [7, 11) is 1.72. The SMILES string of the molecule is CCCN(CC)C1=CCN([C@H]2CS[C@@H](COC)O2)C=C1. The quantitative estimate of drug-likeness (QED) is 0.719. The second-order valence-electron chi connectivity index (χ2n) is 5.03. The van der Waals surface area contributed by atoms with Crippen LogP contribution in [0.1, 0.15) is 20.3 Å². The number of rotatable bonds is 7. The minimum Gasteiger partial charge on any atom is -0.381 e. The molecule has 1 saturated heterocycles. The molecule has 0 aromatic carbocycles. The van der Waals surface area contributed by atoms with Crippen molar-refractivity contribution in [3.05, 3.63) is 24.0 Å². The number of ether oxygens (including phenoxy) is 2. The zero-order chi connectivity index (χ0) is 14.4. The van der Waals surface area contributed by atoms with Crippen molar-refractivity contribution in [1.29, 1.82) is 0 Å². The first-order valence-corrected chi connectivity index (χ1v) is 8.48. The average molecular weight is 298 g/mol. The van der Waals surface area contributed by atoms with Gasteiger partial charge in [-0.15, -0.1) is 11.8 Å². The van der Waals surface area contributed by atoms with Gasteiger partial charge in [-0.1, -0.05) is 6.92 Å². The fraction of sp³-hybridized carbons (Fsp3) is 0.733. The number of hydrogen-bond donors (Lipinski definition) is 0. The minimum atomic E-state index is 0.176. The lowest BCUT2D eigenvalue weighted by atomic mass is 10.2. The molecule has 0 aliphatic carbocycles. The molecule has 2 aliphatic rings. The summed E-state index contributed by atoms with van der Waals surface area (Å²) in [6.07, 6.45) is 8.05. The number of allylic oxidation sites excluding steroid dienone is 1. The molecule has 0 aromatic rings. The lowest BCUT2D eigenvalue weighted by molar-refractivity contribution is -0.0389. The molecule has 1 fully saturated rings. The number of methoxy groups -OCH3 is 1. The van der Waals surface area contributed by atoms with Crippen molar-refractivity contribution in [2.45, 2.75) is 31.9 Å². The van der Waals surface area contributed by atoms with Crippen molar-refractivity contribution in [3.8, 4) is 0 Å². The molecular formula is C15H26N2O2S. The van der Waals surface area contributed by atoms with E-state index in [-0.39, 0.29) is 11.7 Å². The summed E-state index contributed by atoms with van der Waals surface area (Å²) in [4.78, 5) is 4.69. The van der Waals surface area contributed by atoms with Crippen molar-refractivity contribution in [1.82, 2.24) is 9.80 Å². The zero-order valence-corrected chi connectivity index (χ0v) is 13.6. The van der Waals surface area contributed by atoms with Gasteiger partial charge in [0.25, 0.3) is 0 Å². The Balaban J connectivity index is 1.85. The summed E-state index contributed by atoms with van der Waals surface area (Å²) in [5.74, 6) is 1.01. The normalized spacial score (nSPS) is 25.9. The highest BCUT2D eigenvalue weighted by molar-refractivity contribution is 8.00. The number of hydrogen-bond acceptors (Lipinski definition) is 5. The highest BCUT2D eigenvalue weighted by atomic mass is 32.2. The predicted octanol–water partition coefficient (Wildman–Crippen LogP) is 2.49. The minimum absolute atomic E-state index is 0.176. The lowest BCUT2D eigenvalue weighted by Crippen LogP contribution is -2.36. The summed E-state index contributed by atoms with van der Waals surface area (Å²) in [6, 6.07) is 0.